The van der Waals surface area contributed by atoms with Crippen LogP contribution in [0, 0.1) is 5.82 Å². The van der Waals surface area contributed by atoms with Crippen molar-refractivity contribution in [1.82, 2.24) is 5.32 Å². The van der Waals surface area contributed by atoms with Gasteiger partial charge in [0.1, 0.15) is 17.6 Å². The summed E-state index contributed by atoms with van der Waals surface area (Å²) in [5.74, 6) is -4.30. The molecule has 0 aromatic heterocycles. The summed E-state index contributed by atoms with van der Waals surface area (Å²) in [6.45, 7) is 0. The Kier molecular flexibility index (Phi) is 5.50. The second-order valence-electron chi connectivity index (χ2n) is 5.14. The SMILES string of the molecule is O=C(NC(CS(=O)(=O)O)C(=O)O)c1ccccc1-c1ccccc1F. The molecule has 2 aromatic rings. The first-order valence-electron chi connectivity index (χ1n) is 7.02. The van der Waals surface area contributed by atoms with E-state index in [1.54, 1.807) is 12.1 Å². The molecule has 9 heteroatoms. The number of halogens is 1. The van der Waals surface area contributed by atoms with Crippen LogP contribution in [0.1, 0.15) is 10.4 Å². The summed E-state index contributed by atoms with van der Waals surface area (Å²) in [6.07, 6.45) is 0. The van der Waals surface area contributed by atoms with Crippen molar-refractivity contribution in [3.63, 3.8) is 0 Å². The van der Waals surface area contributed by atoms with Crippen LogP contribution in [0.25, 0.3) is 11.1 Å². The summed E-state index contributed by atoms with van der Waals surface area (Å²) < 4.78 is 44.6. The Labute approximate surface area is 142 Å². The lowest BCUT2D eigenvalue weighted by Gasteiger charge is -2.15. The largest absolute Gasteiger partial charge is 0.480 e. The minimum Gasteiger partial charge on any atom is -0.480 e. The van der Waals surface area contributed by atoms with E-state index in [9.17, 15) is 22.4 Å². The number of hydrogen-bond donors (Lipinski definition) is 3. The Morgan fingerprint density at radius 2 is 1.60 bits per heavy atom. The van der Waals surface area contributed by atoms with Gasteiger partial charge < -0.3 is 10.4 Å². The fourth-order valence-electron chi connectivity index (χ4n) is 2.22. The van der Waals surface area contributed by atoms with E-state index in [2.05, 4.69) is 0 Å². The third kappa shape index (κ3) is 4.85. The van der Waals surface area contributed by atoms with Crippen molar-refractivity contribution in [1.29, 1.82) is 0 Å². The van der Waals surface area contributed by atoms with E-state index in [1.807, 2.05) is 5.32 Å². The summed E-state index contributed by atoms with van der Waals surface area (Å²) >= 11 is 0. The van der Waals surface area contributed by atoms with Gasteiger partial charge in [0.05, 0.1) is 0 Å². The van der Waals surface area contributed by atoms with Gasteiger partial charge in [0.15, 0.2) is 0 Å². The Morgan fingerprint density at radius 1 is 1.04 bits per heavy atom. The molecule has 2 rings (SSSR count). The predicted octanol–water partition coefficient (Wildman–Crippen LogP) is 1.56. The van der Waals surface area contributed by atoms with Crippen molar-refractivity contribution in [2.45, 2.75) is 6.04 Å². The van der Waals surface area contributed by atoms with E-state index in [0.717, 1.165) is 0 Å². The van der Waals surface area contributed by atoms with Crippen LogP contribution in [0.15, 0.2) is 48.5 Å². The molecule has 0 aliphatic heterocycles. The first kappa shape index (κ1) is 18.6. The number of rotatable bonds is 6. The van der Waals surface area contributed by atoms with E-state index >= 15 is 0 Å². The highest BCUT2D eigenvalue weighted by atomic mass is 32.2. The topological polar surface area (TPSA) is 121 Å². The van der Waals surface area contributed by atoms with E-state index in [4.69, 9.17) is 9.66 Å². The van der Waals surface area contributed by atoms with Gasteiger partial charge >= 0.3 is 5.97 Å². The number of hydrogen-bond acceptors (Lipinski definition) is 4. The highest BCUT2D eigenvalue weighted by Gasteiger charge is 2.27. The fraction of sp³-hybridized carbons (Fsp3) is 0.125. The molecule has 0 spiro atoms. The number of amides is 1. The molecule has 1 amide bonds. The summed E-state index contributed by atoms with van der Waals surface area (Å²) in [5.41, 5.74) is 0.318. The van der Waals surface area contributed by atoms with Crippen LogP contribution in [-0.4, -0.2) is 41.7 Å². The highest BCUT2D eigenvalue weighted by molar-refractivity contribution is 7.85. The Balaban J connectivity index is 2.37. The summed E-state index contributed by atoms with van der Waals surface area (Å²) in [7, 11) is -4.62. The van der Waals surface area contributed by atoms with Crippen LogP contribution in [0.5, 0.6) is 0 Å². The van der Waals surface area contributed by atoms with Crippen LogP contribution < -0.4 is 5.32 Å². The molecule has 0 saturated heterocycles. The van der Waals surface area contributed by atoms with Crippen molar-refractivity contribution in [2.24, 2.45) is 0 Å². The Bertz CT molecular complexity index is 912. The highest BCUT2D eigenvalue weighted by Crippen LogP contribution is 2.26. The number of carbonyl (C=O) groups is 2. The number of nitrogens with one attached hydrogen (secondary N) is 1. The standard InChI is InChI=1S/C16H14FNO6S/c17-13-8-4-3-6-11(13)10-5-1-2-7-12(10)15(19)18-14(16(20)21)9-25(22,23)24/h1-8,14H,9H2,(H,18,19)(H,20,21)(H,22,23,24). The number of carboxylic acid groups (broad SMARTS) is 1. The molecule has 0 aliphatic carbocycles. The molecule has 1 unspecified atom stereocenters. The molecule has 0 saturated carbocycles. The molecule has 3 N–H and O–H groups in total. The number of aliphatic carboxylic acids is 1. The average Bonchev–Trinajstić information content (AvgIpc) is 2.53. The third-order valence-corrected chi connectivity index (χ3v) is 4.07. The van der Waals surface area contributed by atoms with E-state index in [-0.39, 0.29) is 16.7 Å². The molecule has 0 radical (unpaired) electrons. The van der Waals surface area contributed by atoms with E-state index in [1.165, 1.54) is 36.4 Å². The molecular weight excluding hydrogens is 353 g/mol. The van der Waals surface area contributed by atoms with Crippen molar-refractivity contribution in [2.75, 3.05) is 5.75 Å². The Hall–Kier alpha value is -2.78. The third-order valence-electron chi connectivity index (χ3n) is 3.32. The molecule has 0 fully saturated rings. The van der Waals surface area contributed by atoms with Crippen LogP contribution in [0.4, 0.5) is 4.39 Å². The van der Waals surface area contributed by atoms with Gasteiger partial charge in [0.25, 0.3) is 16.0 Å². The smallest absolute Gasteiger partial charge is 0.327 e. The quantitative estimate of drug-likeness (QED) is 0.667. The van der Waals surface area contributed by atoms with E-state index in [0.29, 0.717) is 0 Å². The van der Waals surface area contributed by atoms with Crippen molar-refractivity contribution in [3.05, 3.63) is 59.9 Å². The lowest BCUT2D eigenvalue weighted by Crippen LogP contribution is -2.45. The lowest BCUT2D eigenvalue weighted by atomic mass is 9.98. The molecule has 0 aliphatic rings. The maximum Gasteiger partial charge on any atom is 0.327 e. The summed E-state index contributed by atoms with van der Waals surface area (Å²) in [6, 6.07) is 9.77. The summed E-state index contributed by atoms with van der Waals surface area (Å²) in [4.78, 5) is 23.5. The van der Waals surface area contributed by atoms with Crippen molar-refractivity contribution < 1.29 is 32.1 Å². The zero-order valence-electron chi connectivity index (χ0n) is 12.7. The molecular formula is C16H14FNO6S. The molecule has 0 heterocycles. The van der Waals surface area contributed by atoms with E-state index < -0.39 is 39.6 Å². The molecule has 25 heavy (non-hydrogen) atoms. The monoisotopic (exact) mass is 367 g/mol. The molecule has 2 aromatic carbocycles. The fourth-order valence-corrected chi connectivity index (χ4v) is 2.86. The maximum absolute atomic E-state index is 14.0. The normalized spacial score (nSPS) is 12.4. The van der Waals surface area contributed by atoms with Gasteiger partial charge in [-0.2, -0.15) is 8.42 Å². The zero-order valence-corrected chi connectivity index (χ0v) is 13.5. The molecule has 0 bridgehead atoms. The van der Waals surface area contributed by atoms with Crippen LogP contribution in [0.3, 0.4) is 0 Å². The van der Waals surface area contributed by atoms with Crippen LogP contribution >= 0.6 is 0 Å². The van der Waals surface area contributed by atoms with Gasteiger partial charge in [0, 0.05) is 11.1 Å². The lowest BCUT2D eigenvalue weighted by molar-refractivity contribution is -0.138. The van der Waals surface area contributed by atoms with Crippen LogP contribution in [-0.2, 0) is 14.9 Å². The van der Waals surface area contributed by atoms with Gasteiger partial charge in [-0.05, 0) is 17.7 Å². The number of carboxylic acids is 1. The number of carbonyl (C=O) groups excluding carboxylic acids is 1. The second-order valence-corrected chi connectivity index (χ2v) is 6.64. The van der Waals surface area contributed by atoms with Gasteiger partial charge in [-0.3, -0.25) is 9.35 Å². The van der Waals surface area contributed by atoms with Gasteiger partial charge in [-0.25, -0.2) is 9.18 Å². The van der Waals surface area contributed by atoms with Gasteiger partial charge in [-0.1, -0.05) is 36.4 Å². The zero-order chi connectivity index (χ0) is 18.6. The van der Waals surface area contributed by atoms with Gasteiger partial charge in [0.2, 0.25) is 0 Å². The number of benzene rings is 2. The van der Waals surface area contributed by atoms with Crippen LogP contribution in [0.2, 0.25) is 0 Å². The first-order chi connectivity index (χ1) is 11.7. The Morgan fingerprint density at radius 3 is 2.16 bits per heavy atom. The molecule has 1 atom stereocenters. The summed E-state index contributed by atoms with van der Waals surface area (Å²) in [5, 5.41) is 11.0. The van der Waals surface area contributed by atoms with Crippen molar-refractivity contribution in [3.8, 4) is 11.1 Å². The molecule has 132 valence electrons. The minimum atomic E-state index is -4.62. The van der Waals surface area contributed by atoms with Crippen molar-refractivity contribution >= 4 is 22.0 Å². The van der Waals surface area contributed by atoms with Gasteiger partial charge in [-0.15, -0.1) is 0 Å². The maximum atomic E-state index is 14.0. The predicted molar refractivity (Wildman–Crippen MR) is 87.1 cm³/mol. The molecule has 7 nitrogen and oxygen atoms in total. The average molecular weight is 367 g/mol. The minimum absolute atomic E-state index is 0.0332. The second kappa shape index (κ2) is 7.41. The first-order valence-corrected chi connectivity index (χ1v) is 8.62.